The molecule has 2 N–H and O–H groups in total. The lowest BCUT2D eigenvalue weighted by molar-refractivity contribution is 0.0495. The fraction of sp³-hybridized carbons (Fsp3) is 0.391. The number of rotatable bonds is 3. The van der Waals surface area contributed by atoms with E-state index < -0.39 is 0 Å². The van der Waals surface area contributed by atoms with Crippen LogP contribution in [0.15, 0.2) is 54.6 Å². The van der Waals surface area contributed by atoms with Crippen molar-refractivity contribution in [3.05, 3.63) is 65.7 Å². The minimum atomic E-state index is -0.150. The molecule has 0 atom stereocenters. The average Bonchev–Trinajstić information content (AvgIpc) is 2.75. The molecular formula is C23H27N3O2. The fourth-order valence-corrected chi connectivity index (χ4v) is 4.31. The van der Waals surface area contributed by atoms with Gasteiger partial charge in [-0.05, 0) is 80.6 Å². The SMILES string of the molecule is O=C(Nc1ccc(C(=O)N2CCC3(CCNCC3)CC2)cc1)c1ccccc1. The van der Waals surface area contributed by atoms with E-state index in [4.69, 9.17) is 0 Å². The number of hydrogen-bond acceptors (Lipinski definition) is 3. The molecule has 2 aliphatic heterocycles. The molecule has 2 amide bonds. The Morgan fingerprint density at radius 2 is 1.46 bits per heavy atom. The van der Waals surface area contributed by atoms with E-state index in [1.54, 1.807) is 36.4 Å². The molecule has 0 aliphatic carbocycles. The summed E-state index contributed by atoms with van der Waals surface area (Å²) in [4.78, 5) is 27.1. The van der Waals surface area contributed by atoms with Crippen LogP contribution in [0.25, 0.3) is 0 Å². The lowest BCUT2D eigenvalue weighted by Gasteiger charge is -2.44. The van der Waals surface area contributed by atoms with Crippen LogP contribution in [-0.4, -0.2) is 42.9 Å². The molecule has 0 saturated carbocycles. The van der Waals surface area contributed by atoms with Crippen molar-refractivity contribution in [2.45, 2.75) is 25.7 Å². The third-order valence-electron chi connectivity index (χ3n) is 6.20. The summed E-state index contributed by atoms with van der Waals surface area (Å²) in [6.07, 6.45) is 4.66. The van der Waals surface area contributed by atoms with Gasteiger partial charge in [-0.1, -0.05) is 18.2 Å². The third-order valence-corrected chi connectivity index (χ3v) is 6.20. The first-order chi connectivity index (χ1) is 13.7. The number of carbonyl (C=O) groups excluding carboxylic acids is 2. The Balaban J connectivity index is 1.35. The maximum atomic E-state index is 12.9. The Morgan fingerprint density at radius 1 is 0.821 bits per heavy atom. The minimum absolute atomic E-state index is 0.0877. The summed E-state index contributed by atoms with van der Waals surface area (Å²) >= 11 is 0. The summed E-state index contributed by atoms with van der Waals surface area (Å²) in [7, 11) is 0. The van der Waals surface area contributed by atoms with Gasteiger partial charge < -0.3 is 15.5 Å². The van der Waals surface area contributed by atoms with Gasteiger partial charge in [0.05, 0.1) is 0 Å². The second-order valence-corrected chi connectivity index (χ2v) is 7.94. The van der Waals surface area contributed by atoms with Crippen molar-refractivity contribution in [1.29, 1.82) is 0 Å². The van der Waals surface area contributed by atoms with Crippen LogP contribution in [0.1, 0.15) is 46.4 Å². The summed E-state index contributed by atoms with van der Waals surface area (Å²) < 4.78 is 0. The Morgan fingerprint density at radius 3 is 2.11 bits per heavy atom. The highest BCUT2D eigenvalue weighted by Crippen LogP contribution is 2.39. The molecule has 0 aromatic heterocycles. The smallest absolute Gasteiger partial charge is 0.255 e. The van der Waals surface area contributed by atoms with Gasteiger partial charge in [-0.15, -0.1) is 0 Å². The number of amides is 2. The van der Waals surface area contributed by atoms with Gasteiger partial charge >= 0.3 is 0 Å². The number of likely N-dealkylation sites (tertiary alicyclic amines) is 1. The van der Waals surface area contributed by atoms with Gasteiger partial charge in [-0.3, -0.25) is 9.59 Å². The fourth-order valence-electron chi connectivity index (χ4n) is 4.31. The van der Waals surface area contributed by atoms with Crippen LogP contribution in [0, 0.1) is 5.41 Å². The molecule has 2 heterocycles. The topological polar surface area (TPSA) is 61.4 Å². The Bertz CT molecular complexity index is 817. The number of nitrogens with one attached hydrogen (secondary N) is 2. The van der Waals surface area contributed by atoms with Crippen LogP contribution >= 0.6 is 0 Å². The Hall–Kier alpha value is -2.66. The van der Waals surface area contributed by atoms with Gasteiger partial charge in [0.1, 0.15) is 0 Å². The van der Waals surface area contributed by atoms with Crippen LogP contribution in [0.4, 0.5) is 5.69 Å². The van der Waals surface area contributed by atoms with Crippen LogP contribution in [-0.2, 0) is 0 Å². The molecule has 2 saturated heterocycles. The average molecular weight is 377 g/mol. The van der Waals surface area contributed by atoms with Crippen molar-refractivity contribution in [3.63, 3.8) is 0 Å². The maximum absolute atomic E-state index is 12.9. The molecule has 2 aliphatic rings. The van der Waals surface area contributed by atoms with Crippen LogP contribution in [0.5, 0.6) is 0 Å². The van der Waals surface area contributed by atoms with Crippen molar-refractivity contribution < 1.29 is 9.59 Å². The van der Waals surface area contributed by atoms with E-state index in [0.717, 1.165) is 39.0 Å². The van der Waals surface area contributed by atoms with E-state index in [1.165, 1.54) is 12.8 Å². The van der Waals surface area contributed by atoms with E-state index in [0.29, 0.717) is 22.2 Å². The summed E-state index contributed by atoms with van der Waals surface area (Å²) in [5, 5.41) is 6.31. The van der Waals surface area contributed by atoms with Crippen molar-refractivity contribution in [3.8, 4) is 0 Å². The quantitative estimate of drug-likeness (QED) is 0.860. The Labute approximate surface area is 166 Å². The van der Waals surface area contributed by atoms with Crippen molar-refractivity contribution >= 4 is 17.5 Å². The highest BCUT2D eigenvalue weighted by molar-refractivity contribution is 6.04. The molecule has 0 radical (unpaired) electrons. The molecule has 4 rings (SSSR count). The number of carbonyl (C=O) groups is 2. The van der Waals surface area contributed by atoms with Crippen LogP contribution in [0.3, 0.4) is 0 Å². The van der Waals surface area contributed by atoms with Gasteiger partial charge in [-0.25, -0.2) is 0 Å². The minimum Gasteiger partial charge on any atom is -0.339 e. The van der Waals surface area contributed by atoms with Crippen LogP contribution in [0.2, 0.25) is 0 Å². The normalized spacial score (nSPS) is 18.6. The van der Waals surface area contributed by atoms with Crippen molar-refractivity contribution in [1.82, 2.24) is 10.2 Å². The molecule has 1 spiro atoms. The lowest BCUT2D eigenvalue weighted by Crippen LogP contribution is -2.47. The van der Waals surface area contributed by atoms with E-state index in [1.807, 2.05) is 23.1 Å². The number of anilines is 1. The van der Waals surface area contributed by atoms with Crippen molar-refractivity contribution in [2.75, 3.05) is 31.5 Å². The number of piperidine rings is 2. The predicted molar refractivity (Wildman–Crippen MR) is 111 cm³/mol. The number of benzene rings is 2. The van der Waals surface area contributed by atoms with Crippen molar-refractivity contribution in [2.24, 2.45) is 5.41 Å². The summed E-state index contributed by atoms with van der Waals surface area (Å²) in [6, 6.07) is 16.3. The zero-order valence-corrected chi connectivity index (χ0v) is 16.1. The van der Waals surface area contributed by atoms with Gasteiger partial charge in [-0.2, -0.15) is 0 Å². The summed E-state index contributed by atoms with van der Waals surface area (Å²) in [6.45, 7) is 3.88. The second kappa shape index (κ2) is 8.15. The summed E-state index contributed by atoms with van der Waals surface area (Å²) in [5.74, 6) is -0.0623. The third kappa shape index (κ3) is 4.09. The van der Waals surface area contributed by atoms with Gasteiger partial charge in [0.2, 0.25) is 0 Å². The number of hydrogen-bond donors (Lipinski definition) is 2. The first kappa shape index (κ1) is 18.7. The highest BCUT2D eigenvalue weighted by atomic mass is 16.2. The first-order valence-electron chi connectivity index (χ1n) is 10.1. The zero-order valence-electron chi connectivity index (χ0n) is 16.1. The number of nitrogens with zero attached hydrogens (tertiary/aromatic N) is 1. The largest absolute Gasteiger partial charge is 0.339 e. The second-order valence-electron chi connectivity index (χ2n) is 7.94. The van der Waals surface area contributed by atoms with E-state index in [2.05, 4.69) is 10.6 Å². The maximum Gasteiger partial charge on any atom is 0.255 e. The van der Waals surface area contributed by atoms with E-state index in [9.17, 15) is 9.59 Å². The molecule has 146 valence electrons. The lowest BCUT2D eigenvalue weighted by atomic mass is 9.71. The highest BCUT2D eigenvalue weighted by Gasteiger charge is 2.36. The standard InChI is InChI=1S/C23H27N3O2/c27-21(18-4-2-1-3-5-18)25-20-8-6-19(7-9-20)22(28)26-16-12-23(13-17-26)10-14-24-15-11-23/h1-9,24H,10-17H2,(H,25,27). The van der Waals surface area contributed by atoms with Crippen LogP contribution < -0.4 is 10.6 Å². The molecule has 5 nitrogen and oxygen atoms in total. The summed E-state index contributed by atoms with van der Waals surface area (Å²) in [5.41, 5.74) is 2.42. The molecule has 2 fully saturated rings. The molecule has 5 heteroatoms. The predicted octanol–water partition coefficient (Wildman–Crippen LogP) is 3.54. The van der Waals surface area contributed by atoms with Gasteiger partial charge in [0, 0.05) is 29.9 Å². The zero-order chi connectivity index (χ0) is 19.4. The first-order valence-corrected chi connectivity index (χ1v) is 10.1. The molecule has 2 aromatic rings. The Kier molecular flexibility index (Phi) is 5.44. The monoisotopic (exact) mass is 377 g/mol. The van der Waals surface area contributed by atoms with Gasteiger partial charge in [0.25, 0.3) is 11.8 Å². The molecule has 0 unspecified atom stereocenters. The van der Waals surface area contributed by atoms with E-state index >= 15 is 0 Å². The molecule has 2 aromatic carbocycles. The molecule has 0 bridgehead atoms. The van der Waals surface area contributed by atoms with E-state index in [-0.39, 0.29) is 11.8 Å². The molecule has 28 heavy (non-hydrogen) atoms. The van der Waals surface area contributed by atoms with Gasteiger partial charge in [0.15, 0.2) is 0 Å². The molecular weight excluding hydrogens is 350 g/mol.